The number of nitriles is 1. The van der Waals surface area contributed by atoms with Crippen LogP contribution >= 0.6 is 0 Å². The van der Waals surface area contributed by atoms with Crippen molar-refractivity contribution in [2.45, 2.75) is 18.6 Å². The molecule has 128 valence electrons. The Kier molecular flexibility index (Phi) is 4.96. The molecule has 1 aliphatic heterocycles. The number of hydrogen-bond donors (Lipinski definition) is 1. The van der Waals surface area contributed by atoms with Crippen molar-refractivity contribution in [2.24, 2.45) is 0 Å². The van der Waals surface area contributed by atoms with Crippen molar-refractivity contribution in [2.75, 3.05) is 13.2 Å². The first-order valence-corrected chi connectivity index (χ1v) is 7.93. The van der Waals surface area contributed by atoms with Gasteiger partial charge in [-0.25, -0.2) is 4.39 Å². The lowest BCUT2D eigenvalue weighted by atomic mass is 10.0. The van der Waals surface area contributed by atoms with Crippen LogP contribution in [0.1, 0.15) is 23.6 Å². The SMILES string of the molecule is N#Cc1ccccc1OCC(=O)N1C[C@@H](O)C[C@H]1c1cccc(F)c1. The Morgan fingerprint density at radius 2 is 2.12 bits per heavy atom. The van der Waals surface area contributed by atoms with Crippen LogP contribution in [0.15, 0.2) is 48.5 Å². The van der Waals surface area contributed by atoms with Crippen LogP contribution in [0.3, 0.4) is 0 Å². The van der Waals surface area contributed by atoms with Crippen molar-refractivity contribution in [3.8, 4) is 11.8 Å². The highest BCUT2D eigenvalue weighted by Gasteiger charge is 2.35. The molecule has 2 aromatic rings. The number of hydrogen-bond acceptors (Lipinski definition) is 4. The normalized spacial score (nSPS) is 19.5. The van der Waals surface area contributed by atoms with E-state index in [1.807, 2.05) is 6.07 Å². The van der Waals surface area contributed by atoms with Gasteiger partial charge in [0.25, 0.3) is 5.91 Å². The molecular formula is C19H17FN2O3. The second kappa shape index (κ2) is 7.32. The van der Waals surface area contributed by atoms with Gasteiger partial charge in [-0.05, 0) is 36.2 Å². The number of β-amino-alcohol motifs (C(OH)–C–C–N with tert-alkyl or cyclic N) is 1. The van der Waals surface area contributed by atoms with Gasteiger partial charge in [-0.1, -0.05) is 24.3 Å². The summed E-state index contributed by atoms with van der Waals surface area (Å²) in [4.78, 5) is 14.0. The molecule has 1 N–H and O–H groups in total. The summed E-state index contributed by atoms with van der Waals surface area (Å²) in [6.45, 7) is -0.0828. The van der Waals surface area contributed by atoms with Gasteiger partial charge in [0.05, 0.1) is 17.7 Å². The second-order valence-corrected chi connectivity index (χ2v) is 5.90. The highest BCUT2D eigenvalue weighted by atomic mass is 19.1. The number of likely N-dealkylation sites (tertiary alicyclic amines) is 1. The van der Waals surface area contributed by atoms with Crippen molar-refractivity contribution in [1.29, 1.82) is 5.26 Å². The van der Waals surface area contributed by atoms with Crippen LogP contribution in [-0.4, -0.2) is 35.2 Å². The molecule has 5 nitrogen and oxygen atoms in total. The van der Waals surface area contributed by atoms with Gasteiger partial charge >= 0.3 is 0 Å². The summed E-state index contributed by atoms with van der Waals surface area (Å²) >= 11 is 0. The van der Waals surface area contributed by atoms with E-state index in [0.29, 0.717) is 23.3 Å². The minimum atomic E-state index is -0.663. The predicted molar refractivity (Wildman–Crippen MR) is 88.1 cm³/mol. The van der Waals surface area contributed by atoms with Gasteiger partial charge in [0.1, 0.15) is 17.6 Å². The number of amides is 1. The van der Waals surface area contributed by atoms with Crippen molar-refractivity contribution in [3.05, 3.63) is 65.5 Å². The van der Waals surface area contributed by atoms with E-state index in [1.54, 1.807) is 36.4 Å². The largest absolute Gasteiger partial charge is 0.482 e. The second-order valence-electron chi connectivity index (χ2n) is 5.90. The Hall–Kier alpha value is -2.91. The number of aliphatic hydroxyl groups excluding tert-OH is 1. The van der Waals surface area contributed by atoms with E-state index in [4.69, 9.17) is 10.00 Å². The van der Waals surface area contributed by atoms with Crippen LogP contribution in [0, 0.1) is 17.1 Å². The lowest BCUT2D eigenvalue weighted by Crippen LogP contribution is -2.35. The third-order valence-electron chi connectivity index (χ3n) is 4.19. The van der Waals surface area contributed by atoms with Crippen LogP contribution < -0.4 is 4.74 Å². The van der Waals surface area contributed by atoms with E-state index in [2.05, 4.69) is 0 Å². The number of ether oxygens (including phenoxy) is 1. The number of nitrogens with zero attached hydrogens (tertiary/aromatic N) is 2. The standard InChI is InChI=1S/C19H17FN2O3/c20-15-6-3-5-13(8-15)17-9-16(23)11-22(17)19(24)12-25-18-7-2-1-4-14(18)10-21/h1-8,16-17,23H,9,11-12H2/t16-,17-/m0/s1. The molecule has 1 heterocycles. The molecule has 1 fully saturated rings. The molecule has 3 rings (SSSR count). The lowest BCUT2D eigenvalue weighted by Gasteiger charge is -2.25. The molecule has 0 unspecified atom stereocenters. The summed E-state index contributed by atoms with van der Waals surface area (Å²) in [5, 5.41) is 19.0. The molecule has 0 spiro atoms. The molecule has 6 heteroatoms. The number of rotatable bonds is 4. The number of carbonyl (C=O) groups is 1. The highest BCUT2D eigenvalue weighted by Crippen LogP contribution is 2.32. The summed E-state index contributed by atoms with van der Waals surface area (Å²) in [5.74, 6) is -0.371. The first kappa shape index (κ1) is 16.9. The number of carbonyl (C=O) groups excluding carboxylic acids is 1. The predicted octanol–water partition coefficient (Wildman–Crippen LogP) is 2.41. The summed E-state index contributed by atoms with van der Waals surface area (Å²) in [5.41, 5.74) is 0.987. The topological polar surface area (TPSA) is 73.6 Å². The summed E-state index contributed by atoms with van der Waals surface area (Å²) < 4.78 is 19.0. The molecule has 2 atom stereocenters. The molecule has 1 saturated heterocycles. The maximum atomic E-state index is 13.5. The van der Waals surface area contributed by atoms with E-state index in [-0.39, 0.29) is 24.9 Å². The molecule has 0 aromatic heterocycles. The Bertz CT molecular complexity index is 818. The van der Waals surface area contributed by atoms with E-state index in [9.17, 15) is 14.3 Å². The maximum Gasteiger partial charge on any atom is 0.261 e. The zero-order chi connectivity index (χ0) is 17.8. The first-order valence-electron chi connectivity index (χ1n) is 7.93. The molecule has 1 amide bonds. The van der Waals surface area contributed by atoms with Gasteiger partial charge in [-0.3, -0.25) is 4.79 Å². The quantitative estimate of drug-likeness (QED) is 0.928. The average Bonchev–Trinajstić information content (AvgIpc) is 3.02. The summed E-state index contributed by atoms with van der Waals surface area (Å²) in [6, 6.07) is 14.3. The average molecular weight is 340 g/mol. The Balaban J connectivity index is 1.73. The molecule has 0 bridgehead atoms. The molecule has 0 aliphatic carbocycles. The van der Waals surface area contributed by atoms with Crippen LogP contribution in [0.4, 0.5) is 4.39 Å². The number of halogens is 1. The zero-order valence-corrected chi connectivity index (χ0v) is 13.4. The van der Waals surface area contributed by atoms with Gasteiger partial charge in [-0.2, -0.15) is 5.26 Å². The Labute approximate surface area is 144 Å². The van der Waals surface area contributed by atoms with Crippen molar-refractivity contribution < 1.29 is 19.0 Å². The van der Waals surface area contributed by atoms with E-state index < -0.39 is 12.1 Å². The number of aliphatic hydroxyl groups is 1. The molecular weight excluding hydrogens is 323 g/mol. The van der Waals surface area contributed by atoms with E-state index in [0.717, 1.165) is 0 Å². The van der Waals surface area contributed by atoms with Crippen LogP contribution in [-0.2, 0) is 4.79 Å². The van der Waals surface area contributed by atoms with Gasteiger partial charge in [-0.15, -0.1) is 0 Å². The minimum Gasteiger partial charge on any atom is -0.482 e. The van der Waals surface area contributed by atoms with Crippen molar-refractivity contribution in [3.63, 3.8) is 0 Å². The number of benzene rings is 2. The Morgan fingerprint density at radius 3 is 2.88 bits per heavy atom. The van der Waals surface area contributed by atoms with Crippen LogP contribution in [0.5, 0.6) is 5.75 Å². The fourth-order valence-corrected chi connectivity index (χ4v) is 3.03. The van der Waals surface area contributed by atoms with Crippen LogP contribution in [0.25, 0.3) is 0 Å². The molecule has 2 aromatic carbocycles. The van der Waals surface area contributed by atoms with E-state index in [1.165, 1.54) is 17.0 Å². The minimum absolute atomic E-state index is 0.170. The lowest BCUT2D eigenvalue weighted by molar-refractivity contribution is -0.134. The molecule has 0 saturated carbocycles. The fraction of sp³-hybridized carbons (Fsp3) is 0.263. The first-order chi connectivity index (χ1) is 12.1. The summed E-state index contributed by atoms with van der Waals surface area (Å²) in [6.07, 6.45) is -0.312. The Morgan fingerprint density at radius 1 is 1.32 bits per heavy atom. The van der Waals surface area contributed by atoms with Crippen molar-refractivity contribution >= 4 is 5.91 Å². The van der Waals surface area contributed by atoms with Gasteiger partial charge in [0.2, 0.25) is 0 Å². The van der Waals surface area contributed by atoms with Gasteiger partial charge < -0.3 is 14.7 Å². The van der Waals surface area contributed by atoms with E-state index >= 15 is 0 Å². The highest BCUT2D eigenvalue weighted by molar-refractivity contribution is 5.78. The smallest absolute Gasteiger partial charge is 0.261 e. The third kappa shape index (κ3) is 3.78. The third-order valence-corrected chi connectivity index (χ3v) is 4.19. The monoisotopic (exact) mass is 340 g/mol. The fourth-order valence-electron chi connectivity index (χ4n) is 3.03. The van der Waals surface area contributed by atoms with Crippen molar-refractivity contribution in [1.82, 2.24) is 4.90 Å². The molecule has 0 radical (unpaired) electrons. The molecule has 1 aliphatic rings. The summed E-state index contributed by atoms with van der Waals surface area (Å²) in [7, 11) is 0. The zero-order valence-electron chi connectivity index (χ0n) is 13.4. The number of para-hydroxylation sites is 1. The van der Waals surface area contributed by atoms with Gasteiger partial charge in [0, 0.05) is 6.54 Å². The van der Waals surface area contributed by atoms with Gasteiger partial charge in [0.15, 0.2) is 6.61 Å². The maximum absolute atomic E-state index is 13.5. The molecule has 25 heavy (non-hydrogen) atoms. The van der Waals surface area contributed by atoms with Crippen LogP contribution in [0.2, 0.25) is 0 Å².